The fraction of sp³-hybridized carbons (Fsp3) is 0.200. The highest BCUT2D eigenvalue weighted by Crippen LogP contribution is 2.29. The lowest BCUT2D eigenvalue weighted by Crippen LogP contribution is -2.23. The van der Waals surface area contributed by atoms with Crippen molar-refractivity contribution in [2.24, 2.45) is 0 Å². The van der Waals surface area contributed by atoms with E-state index >= 15 is 0 Å². The maximum Gasteiger partial charge on any atom is 0.255 e. The van der Waals surface area contributed by atoms with Crippen molar-refractivity contribution in [3.05, 3.63) is 83.9 Å². The summed E-state index contributed by atoms with van der Waals surface area (Å²) in [5, 5.41) is 2.88. The predicted octanol–water partition coefficient (Wildman–Crippen LogP) is 4.65. The van der Waals surface area contributed by atoms with Crippen molar-refractivity contribution in [3.8, 4) is 11.5 Å². The van der Waals surface area contributed by atoms with Gasteiger partial charge in [-0.1, -0.05) is 30.3 Å². The SMILES string of the molecule is COc1cc(C(=O)Nc2ccc(N3CCCC3=O)cc2)ccc1OCc1ccccc1. The van der Waals surface area contributed by atoms with Crippen LogP contribution in [0.2, 0.25) is 0 Å². The van der Waals surface area contributed by atoms with E-state index in [-0.39, 0.29) is 11.8 Å². The van der Waals surface area contributed by atoms with E-state index in [1.807, 2.05) is 42.5 Å². The first-order valence-electron chi connectivity index (χ1n) is 10.2. The number of rotatable bonds is 7. The average molecular weight is 416 g/mol. The zero-order chi connectivity index (χ0) is 21.6. The Balaban J connectivity index is 1.41. The van der Waals surface area contributed by atoms with Crippen LogP contribution < -0.4 is 19.7 Å². The largest absolute Gasteiger partial charge is 0.493 e. The van der Waals surface area contributed by atoms with Gasteiger partial charge in [-0.25, -0.2) is 0 Å². The maximum atomic E-state index is 12.7. The second-order valence-corrected chi connectivity index (χ2v) is 7.29. The van der Waals surface area contributed by atoms with Crippen LogP contribution in [0.3, 0.4) is 0 Å². The summed E-state index contributed by atoms with van der Waals surface area (Å²) in [5.74, 6) is 0.949. The van der Waals surface area contributed by atoms with Gasteiger partial charge in [-0.05, 0) is 54.4 Å². The van der Waals surface area contributed by atoms with E-state index in [4.69, 9.17) is 9.47 Å². The molecule has 6 nitrogen and oxygen atoms in total. The lowest BCUT2D eigenvalue weighted by Gasteiger charge is -2.16. The molecule has 0 spiro atoms. The molecule has 158 valence electrons. The Morgan fingerprint density at radius 2 is 1.77 bits per heavy atom. The molecule has 3 aromatic carbocycles. The van der Waals surface area contributed by atoms with Crippen molar-refractivity contribution >= 4 is 23.2 Å². The summed E-state index contributed by atoms with van der Waals surface area (Å²) >= 11 is 0. The normalized spacial score (nSPS) is 13.2. The lowest BCUT2D eigenvalue weighted by atomic mass is 10.1. The number of hydrogen-bond acceptors (Lipinski definition) is 4. The standard InChI is InChI=1S/C25H24N2O4/c1-30-23-16-19(9-14-22(23)31-17-18-6-3-2-4-7-18)25(29)26-20-10-12-21(13-11-20)27-15-5-8-24(27)28/h2-4,6-7,9-14,16H,5,8,15,17H2,1H3,(H,26,29). The third kappa shape index (κ3) is 4.86. The molecule has 0 bridgehead atoms. The van der Waals surface area contributed by atoms with Crippen molar-refractivity contribution in [3.63, 3.8) is 0 Å². The van der Waals surface area contributed by atoms with Gasteiger partial charge in [0.1, 0.15) is 6.61 Å². The first-order chi connectivity index (χ1) is 15.1. The highest BCUT2D eigenvalue weighted by atomic mass is 16.5. The van der Waals surface area contributed by atoms with Crippen LogP contribution in [0.25, 0.3) is 0 Å². The summed E-state index contributed by atoms with van der Waals surface area (Å²) < 4.78 is 11.3. The summed E-state index contributed by atoms with van der Waals surface area (Å²) in [4.78, 5) is 26.3. The van der Waals surface area contributed by atoms with E-state index < -0.39 is 0 Å². The van der Waals surface area contributed by atoms with Crippen LogP contribution in [0.1, 0.15) is 28.8 Å². The predicted molar refractivity (Wildman–Crippen MR) is 120 cm³/mol. The summed E-state index contributed by atoms with van der Waals surface area (Å²) in [6, 6.07) is 22.2. The second kappa shape index (κ2) is 9.34. The first kappa shape index (κ1) is 20.5. The van der Waals surface area contributed by atoms with E-state index in [9.17, 15) is 9.59 Å². The Morgan fingerprint density at radius 1 is 1.00 bits per heavy atom. The Bertz CT molecular complexity index is 1060. The molecule has 31 heavy (non-hydrogen) atoms. The van der Waals surface area contributed by atoms with Crippen LogP contribution in [-0.2, 0) is 11.4 Å². The third-order valence-corrected chi connectivity index (χ3v) is 5.17. The van der Waals surface area contributed by atoms with Crippen molar-refractivity contribution < 1.29 is 19.1 Å². The Kier molecular flexibility index (Phi) is 6.17. The molecule has 0 saturated carbocycles. The van der Waals surface area contributed by atoms with Gasteiger partial charge in [0.05, 0.1) is 7.11 Å². The van der Waals surface area contributed by atoms with Gasteiger partial charge in [-0.15, -0.1) is 0 Å². The average Bonchev–Trinajstić information content (AvgIpc) is 3.24. The molecule has 1 fully saturated rings. The van der Waals surface area contributed by atoms with Gasteiger partial charge >= 0.3 is 0 Å². The van der Waals surface area contributed by atoms with Gasteiger partial charge in [0.2, 0.25) is 5.91 Å². The molecule has 1 saturated heterocycles. The molecule has 0 aromatic heterocycles. The number of hydrogen-bond donors (Lipinski definition) is 1. The molecule has 0 atom stereocenters. The van der Waals surface area contributed by atoms with Crippen LogP contribution in [0, 0.1) is 0 Å². The number of carbonyl (C=O) groups is 2. The van der Waals surface area contributed by atoms with Crippen LogP contribution in [0.4, 0.5) is 11.4 Å². The molecule has 2 amide bonds. The molecule has 1 aliphatic heterocycles. The van der Waals surface area contributed by atoms with Gasteiger partial charge < -0.3 is 19.7 Å². The number of methoxy groups -OCH3 is 1. The molecule has 6 heteroatoms. The lowest BCUT2D eigenvalue weighted by molar-refractivity contribution is -0.117. The number of nitrogens with one attached hydrogen (secondary N) is 1. The number of nitrogens with zero attached hydrogens (tertiary/aromatic N) is 1. The van der Waals surface area contributed by atoms with Crippen molar-refractivity contribution in [1.29, 1.82) is 0 Å². The van der Waals surface area contributed by atoms with E-state index in [1.54, 1.807) is 42.3 Å². The minimum Gasteiger partial charge on any atom is -0.493 e. The zero-order valence-electron chi connectivity index (χ0n) is 17.3. The highest BCUT2D eigenvalue weighted by Gasteiger charge is 2.21. The number of amides is 2. The van der Waals surface area contributed by atoms with E-state index in [2.05, 4.69) is 5.32 Å². The molecular formula is C25H24N2O4. The minimum atomic E-state index is -0.252. The number of ether oxygens (including phenoxy) is 2. The van der Waals surface area contributed by atoms with Gasteiger partial charge in [0.25, 0.3) is 5.91 Å². The summed E-state index contributed by atoms with van der Waals surface area (Å²) in [6.45, 7) is 1.15. The molecule has 1 heterocycles. The van der Waals surface area contributed by atoms with Gasteiger partial charge in [0.15, 0.2) is 11.5 Å². The fourth-order valence-corrected chi connectivity index (χ4v) is 3.51. The molecule has 3 aromatic rings. The molecule has 1 aliphatic rings. The monoisotopic (exact) mass is 416 g/mol. The van der Waals surface area contributed by atoms with E-state index in [0.29, 0.717) is 35.8 Å². The Labute approximate surface area is 181 Å². The van der Waals surface area contributed by atoms with E-state index in [0.717, 1.165) is 24.2 Å². The Morgan fingerprint density at radius 3 is 2.45 bits per heavy atom. The minimum absolute atomic E-state index is 0.137. The van der Waals surface area contributed by atoms with Crippen LogP contribution in [-0.4, -0.2) is 25.5 Å². The number of carbonyl (C=O) groups excluding carboxylic acids is 2. The summed E-state index contributed by atoms with van der Waals surface area (Å²) in [6.07, 6.45) is 1.47. The van der Waals surface area contributed by atoms with Crippen molar-refractivity contribution in [2.75, 3.05) is 23.9 Å². The fourth-order valence-electron chi connectivity index (χ4n) is 3.51. The molecule has 1 N–H and O–H groups in total. The van der Waals surface area contributed by atoms with Crippen LogP contribution >= 0.6 is 0 Å². The molecular weight excluding hydrogens is 392 g/mol. The second-order valence-electron chi connectivity index (χ2n) is 7.29. The molecule has 0 unspecified atom stereocenters. The zero-order valence-corrected chi connectivity index (χ0v) is 17.3. The van der Waals surface area contributed by atoms with Gasteiger partial charge in [-0.2, -0.15) is 0 Å². The number of benzene rings is 3. The molecule has 0 aliphatic carbocycles. The van der Waals surface area contributed by atoms with Crippen molar-refractivity contribution in [1.82, 2.24) is 0 Å². The Hall–Kier alpha value is -3.80. The molecule has 4 rings (SSSR count). The maximum absolute atomic E-state index is 12.7. The number of anilines is 2. The molecule has 0 radical (unpaired) electrons. The van der Waals surface area contributed by atoms with Gasteiger partial charge in [-0.3, -0.25) is 9.59 Å². The van der Waals surface area contributed by atoms with Crippen LogP contribution in [0.5, 0.6) is 11.5 Å². The highest BCUT2D eigenvalue weighted by molar-refractivity contribution is 6.05. The quantitative estimate of drug-likeness (QED) is 0.609. The van der Waals surface area contributed by atoms with E-state index in [1.165, 1.54) is 0 Å². The smallest absolute Gasteiger partial charge is 0.255 e. The van der Waals surface area contributed by atoms with Crippen molar-refractivity contribution in [2.45, 2.75) is 19.4 Å². The first-order valence-corrected chi connectivity index (χ1v) is 10.2. The third-order valence-electron chi connectivity index (χ3n) is 5.17. The van der Waals surface area contributed by atoms with Gasteiger partial charge in [0, 0.05) is 29.9 Å². The summed E-state index contributed by atoms with van der Waals surface area (Å²) in [5.41, 5.74) is 3.01. The van der Waals surface area contributed by atoms with Crippen LogP contribution in [0.15, 0.2) is 72.8 Å². The topological polar surface area (TPSA) is 67.9 Å². The summed E-state index contributed by atoms with van der Waals surface area (Å²) in [7, 11) is 1.55.